The number of halogens is 3. The fourth-order valence-corrected chi connectivity index (χ4v) is 4.39. The fraction of sp³-hybridized carbons (Fsp3) is 0.222. The molecule has 120 valence electrons. The van der Waals surface area contributed by atoms with E-state index in [1.807, 2.05) is 6.07 Å². The van der Waals surface area contributed by atoms with Gasteiger partial charge in [0.1, 0.15) is 0 Å². The number of aromatic amines is 1. The molecule has 0 radical (unpaired) electrons. The van der Waals surface area contributed by atoms with Gasteiger partial charge in [-0.1, -0.05) is 45.7 Å². The van der Waals surface area contributed by atoms with Gasteiger partial charge >= 0.3 is 0 Å². The van der Waals surface area contributed by atoms with Crippen molar-refractivity contribution in [3.8, 4) is 11.3 Å². The first-order chi connectivity index (χ1) is 11.1. The molecule has 0 atom stereocenters. The van der Waals surface area contributed by atoms with Gasteiger partial charge in [0.05, 0.1) is 16.2 Å². The number of nitrogens with two attached hydrogens (primary N) is 1. The maximum Gasteiger partial charge on any atom is 0.0658 e. The Kier molecular flexibility index (Phi) is 5.67. The predicted molar refractivity (Wildman–Crippen MR) is 111 cm³/mol. The van der Waals surface area contributed by atoms with E-state index >= 15 is 0 Å². The van der Waals surface area contributed by atoms with Crippen LogP contribution in [0.4, 0.5) is 0 Å². The molecule has 3 N–H and O–H groups in total. The van der Waals surface area contributed by atoms with E-state index in [2.05, 4.69) is 73.8 Å². The van der Waals surface area contributed by atoms with Gasteiger partial charge in [-0.05, 0) is 72.2 Å². The van der Waals surface area contributed by atoms with E-state index in [1.165, 1.54) is 25.8 Å². The Balaban J connectivity index is 2.21. The van der Waals surface area contributed by atoms with Gasteiger partial charge in [0.25, 0.3) is 0 Å². The minimum absolute atomic E-state index is 0.727. The van der Waals surface area contributed by atoms with E-state index in [0.29, 0.717) is 0 Å². The summed E-state index contributed by atoms with van der Waals surface area (Å²) in [7, 11) is 0. The summed E-state index contributed by atoms with van der Waals surface area (Å²) in [5.41, 5.74) is 10.4. The highest BCUT2D eigenvalue weighted by molar-refractivity contribution is 14.1. The van der Waals surface area contributed by atoms with Crippen LogP contribution in [0.3, 0.4) is 0 Å². The molecule has 0 unspecified atom stereocenters. The maximum absolute atomic E-state index is 6.45. The van der Waals surface area contributed by atoms with Crippen LogP contribution in [-0.2, 0) is 6.42 Å². The van der Waals surface area contributed by atoms with Crippen molar-refractivity contribution in [3.05, 3.63) is 55.0 Å². The van der Waals surface area contributed by atoms with Crippen molar-refractivity contribution in [1.29, 1.82) is 0 Å². The van der Waals surface area contributed by atoms with Crippen LogP contribution in [0.2, 0.25) is 5.02 Å². The van der Waals surface area contributed by atoms with Crippen molar-refractivity contribution in [3.63, 3.8) is 0 Å². The molecule has 1 heterocycles. The van der Waals surface area contributed by atoms with Gasteiger partial charge in [0.2, 0.25) is 0 Å². The average Bonchev–Trinajstić information content (AvgIpc) is 2.87. The lowest BCUT2D eigenvalue weighted by molar-refractivity contribution is 0.748. The monoisotopic (exact) mass is 502 g/mol. The molecule has 0 saturated carbocycles. The largest absolute Gasteiger partial charge is 0.353 e. The highest BCUT2D eigenvalue weighted by atomic mass is 127. The molecular weight excluding hydrogens is 486 g/mol. The van der Waals surface area contributed by atoms with Crippen LogP contribution in [0, 0.1) is 3.57 Å². The Morgan fingerprint density at radius 2 is 1.96 bits per heavy atom. The lowest BCUT2D eigenvalue weighted by atomic mass is 10.0. The Labute approximate surface area is 163 Å². The summed E-state index contributed by atoms with van der Waals surface area (Å²) in [5, 5.41) is 1.93. The van der Waals surface area contributed by atoms with Gasteiger partial charge in [-0.3, -0.25) is 0 Å². The molecular formula is C18H17BrClIN2. The molecule has 0 bridgehead atoms. The van der Waals surface area contributed by atoms with E-state index in [4.69, 9.17) is 17.3 Å². The molecule has 5 heteroatoms. The number of aromatic nitrogens is 1. The van der Waals surface area contributed by atoms with Crippen molar-refractivity contribution >= 4 is 61.0 Å². The summed E-state index contributed by atoms with van der Waals surface area (Å²) in [6.45, 7) is 0.727. The van der Waals surface area contributed by atoms with Gasteiger partial charge in [0.15, 0.2) is 0 Å². The molecule has 2 nitrogen and oxygen atoms in total. The number of hydrogen-bond donors (Lipinski definition) is 2. The number of unbranched alkanes of at least 4 members (excludes halogenated alkanes) is 1. The fourth-order valence-electron chi connectivity index (χ4n) is 2.87. The molecule has 0 aliphatic carbocycles. The maximum atomic E-state index is 6.45. The Morgan fingerprint density at radius 1 is 1.17 bits per heavy atom. The van der Waals surface area contributed by atoms with Crippen LogP contribution in [0.25, 0.3) is 22.2 Å². The first-order valence-corrected chi connectivity index (χ1v) is 9.81. The summed E-state index contributed by atoms with van der Waals surface area (Å²) in [6, 6.07) is 12.5. The minimum atomic E-state index is 0.727. The first kappa shape index (κ1) is 17.3. The Bertz CT molecular complexity index is 844. The number of aryl methyl sites for hydroxylation is 1. The van der Waals surface area contributed by atoms with Gasteiger partial charge < -0.3 is 10.7 Å². The second-order valence-electron chi connectivity index (χ2n) is 5.51. The number of nitrogens with one attached hydrogen (secondary N) is 1. The second kappa shape index (κ2) is 7.55. The lowest BCUT2D eigenvalue weighted by Crippen LogP contribution is -1.99. The summed E-state index contributed by atoms with van der Waals surface area (Å²) < 4.78 is 2.23. The molecule has 0 amide bonds. The molecule has 2 aromatic carbocycles. The first-order valence-electron chi connectivity index (χ1n) is 7.56. The van der Waals surface area contributed by atoms with Crippen LogP contribution in [-0.4, -0.2) is 11.5 Å². The van der Waals surface area contributed by atoms with Crippen molar-refractivity contribution in [2.75, 3.05) is 6.54 Å². The van der Waals surface area contributed by atoms with E-state index in [9.17, 15) is 0 Å². The van der Waals surface area contributed by atoms with Crippen LogP contribution in [0.1, 0.15) is 18.4 Å². The van der Waals surface area contributed by atoms with Gasteiger partial charge in [-0.25, -0.2) is 0 Å². The van der Waals surface area contributed by atoms with Crippen molar-refractivity contribution < 1.29 is 0 Å². The third-order valence-corrected chi connectivity index (χ3v) is 5.65. The Hall–Kier alpha value is -0.560. The predicted octanol–water partition coefficient (Wildman–Crippen LogP) is 6.14. The normalized spacial score (nSPS) is 11.3. The van der Waals surface area contributed by atoms with Gasteiger partial charge in [0, 0.05) is 19.0 Å². The zero-order valence-electron chi connectivity index (χ0n) is 12.5. The summed E-state index contributed by atoms with van der Waals surface area (Å²) in [4.78, 5) is 3.55. The minimum Gasteiger partial charge on any atom is -0.353 e. The average molecular weight is 504 g/mol. The summed E-state index contributed by atoms with van der Waals surface area (Å²) in [5.74, 6) is 0. The van der Waals surface area contributed by atoms with Crippen LogP contribution >= 0.6 is 50.1 Å². The van der Waals surface area contributed by atoms with Crippen molar-refractivity contribution in [2.24, 2.45) is 5.73 Å². The third kappa shape index (κ3) is 3.60. The standard InChI is InChI=1S/C18H17BrClIN2/c19-11-9-14-12(5-3-4-8-22)17(23-18(14)15(20)10-11)13-6-1-2-7-16(13)21/h1-2,6-7,9-10,23H,3-5,8,22H2. The number of H-pyrrole nitrogens is 1. The summed E-state index contributed by atoms with van der Waals surface area (Å²) in [6.07, 6.45) is 3.09. The van der Waals surface area contributed by atoms with Gasteiger partial charge in [-0.2, -0.15) is 0 Å². The molecule has 0 fully saturated rings. The number of benzene rings is 2. The molecule has 0 saturated heterocycles. The van der Waals surface area contributed by atoms with Crippen molar-refractivity contribution in [2.45, 2.75) is 19.3 Å². The topological polar surface area (TPSA) is 41.8 Å². The lowest BCUT2D eigenvalue weighted by Gasteiger charge is -2.07. The van der Waals surface area contributed by atoms with E-state index in [1.54, 1.807) is 0 Å². The number of hydrogen-bond acceptors (Lipinski definition) is 1. The quantitative estimate of drug-likeness (QED) is 0.319. The van der Waals surface area contributed by atoms with Crippen molar-refractivity contribution in [1.82, 2.24) is 4.98 Å². The Morgan fingerprint density at radius 3 is 2.70 bits per heavy atom. The third-order valence-electron chi connectivity index (χ3n) is 3.96. The number of fused-ring (bicyclic) bond motifs is 1. The molecule has 3 aromatic rings. The van der Waals surface area contributed by atoms with E-state index in [0.717, 1.165) is 40.8 Å². The molecule has 0 aliphatic heterocycles. The van der Waals surface area contributed by atoms with Crippen LogP contribution < -0.4 is 5.73 Å². The molecule has 0 spiro atoms. The SMILES string of the molecule is NCCCCc1c(-c2ccccc2I)[nH]c2c(Cl)cc(Br)cc12. The zero-order chi connectivity index (χ0) is 16.4. The van der Waals surface area contributed by atoms with Crippen LogP contribution in [0.15, 0.2) is 40.9 Å². The number of rotatable bonds is 5. The van der Waals surface area contributed by atoms with E-state index < -0.39 is 0 Å². The highest BCUT2D eigenvalue weighted by Gasteiger charge is 2.17. The van der Waals surface area contributed by atoms with E-state index in [-0.39, 0.29) is 0 Å². The smallest absolute Gasteiger partial charge is 0.0658 e. The molecule has 0 aliphatic rings. The molecule has 3 rings (SSSR count). The molecule has 23 heavy (non-hydrogen) atoms. The van der Waals surface area contributed by atoms with Gasteiger partial charge in [-0.15, -0.1) is 0 Å². The zero-order valence-corrected chi connectivity index (χ0v) is 17.0. The van der Waals surface area contributed by atoms with Crippen LogP contribution in [0.5, 0.6) is 0 Å². The highest BCUT2D eigenvalue weighted by Crippen LogP contribution is 2.38. The molecule has 1 aromatic heterocycles. The summed E-state index contributed by atoms with van der Waals surface area (Å²) >= 11 is 12.4. The second-order valence-corrected chi connectivity index (χ2v) is 8.00.